The first-order valence-corrected chi connectivity index (χ1v) is 10.9. The molecule has 2 aromatic heterocycles. The maximum absolute atomic E-state index is 13.3. The van der Waals surface area contributed by atoms with Crippen LogP contribution >= 0.6 is 22.9 Å². The second-order valence-electron chi connectivity index (χ2n) is 7.15. The summed E-state index contributed by atoms with van der Waals surface area (Å²) in [5.41, 5.74) is 1.76. The maximum Gasteiger partial charge on any atom is 0.341 e. The highest BCUT2D eigenvalue weighted by Crippen LogP contribution is 2.46. The number of fused-ring (bicyclic) bond motifs is 1. The van der Waals surface area contributed by atoms with E-state index in [-0.39, 0.29) is 11.1 Å². The summed E-state index contributed by atoms with van der Waals surface area (Å²) >= 11 is 7.53. The first-order chi connectivity index (χ1) is 15.4. The van der Waals surface area contributed by atoms with Crippen LogP contribution < -0.4 is 5.32 Å². The molecule has 8 nitrogen and oxygen atoms in total. The number of ether oxygens (including phenoxy) is 2. The van der Waals surface area contributed by atoms with E-state index in [0.29, 0.717) is 45.4 Å². The highest BCUT2D eigenvalue weighted by molar-refractivity contribution is 7.17. The molecule has 1 aliphatic carbocycles. The third kappa shape index (κ3) is 3.67. The van der Waals surface area contributed by atoms with Gasteiger partial charge < -0.3 is 19.3 Å². The Labute approximate surface area is 192 Å². The highest BCUT2D eigenvalue weighted by Gasteiger charge is 2.38. The van der Waals surface area contributed by atoms with Gasteiger partial charge in [0.05, 0.1) is 30.7 Å². The lowest BCUT2D eigenvalue weighted by molar-refractivity contribution is -0.142. The third-order valence-corrected chi connectivity index (χ3v) is 6.86. The smallest absolute Gasteiger partial charge is 0.341 e. The van der Waals surface area contributed by atoms with Gasteiger partial charge in [-0.1, -0.05) is 35.0 Å². The molecule has 1 N–H and O–H groups in total. The molecule has 0 aliphatic heterocycles. The molecule has 1 atom stereocenters. The molecule has 4 rings (SSSR count). The Bertz CT molecular complexity index is 1230. The molecule has 0 unspecified atom stereocenters. The van der Waals surface area contributed by atoms with Crippen molar-refractivity contribution in [3.63, 3.8) is 0 Å². The molecule has 166 valence electrons. The van der Waals surface area contributed by atoms with E-state index in [1.165, 1.54) is 25.6 Å². The lowest BCUT2D eigenvalue weighted by Crippen LogP contribution is -2.18. The number of carbonyl (C=O) groups is 3. The van der Waals surface area contributed by atoms with Crippen molar-refractivity contribution in [2.45, 2.75) is 25.7 Å². The quantitative estimate of drug-likeness (QED) is 0.538. The van der Waals surface area contributed by atoms with Crippen molar-refractivity contribution in [2.24, 2.45) is 0 Å². The number of thiophene rings is 1. The predicted molar refractivity (Wildman–Crippen MR) is 118 cm³/mol. The number of benzene rings is 1. The van der Waals surface area contributed by atoms with Crippen LogP contribution in [0, 0.1) is 6.92 Å². The number of hydrogen-bond donors (Lipinski definition) is 1. The van der Waals surface area contributed by atoms with Gasteiger partial charge in [0.25, 0.3) is 5.91 Å². The molecule has 32 heavy (non-hydrogen) atoms. The molecule has 0 saturated heterocycles. The zero-order valence-electron chi connectivity index (χ0n) is 17.5. The summed E-state index contributed by atoms with van der Waals surface area (Å²) in [7, 11) is 2.55. The largest absolute Gasteiger partial charge is 0.469 e. The SMILES string of the molecule is COC(=O)c1c(NC(=O)c2c(-c3ccccc3Cl)noc2C)sc2c1[C@@H](C(=O)OC)CC2. The average molecular weight is 475 g/mol. The Morgan fingerprint density at radius 1 is 1.19 bits per heavy atom. The van der Waals surface area contributed by atoms with E-state index in [1.807, 2.05) is 0 Å². The zero-order valence-corrected chi connectivity index (χ0v) is 19.1. The second-order valence-corrected chi connectivity index (χ2v) is 8.66. The Morgan fingerprint density at radius 3 is 2.62 bits per heavy atom. The minimum absolute atomic E-state index is 0.169. The topological polar surface area (TPSA) is 108 Å². The minimum Gasteiger partial charge on any atom is -0.469 e. The van der Waals surface area contributed by atoms with E-state index in [2.05, 4.69) is 10.5 Å². The van der Waals surface area contributed by atoms with E-state index in [0.717, 1.165) is 4.88 Å². The number of aromatic nitrogens is 1. The van der Waals surface area contributed by atoms with Gasteiger partial charge >= 0.3 is 11.9 Å². The molecule has 0 fully saturated rings. The Hall–Kier alpha value is -3.17. The monoisotopic (exact) mass is 474 g/mol. The predicted octanol–water partition coefficient (Wildman–Crippen LogP) is 4.61. The minimum atomic E-state index is -0.637. The fourth-order valence-corrected chi connectivity index (χ4v) is 5.36. The summed E-state index contributed by atoms with van der Waals surface area (Å²) in [5, 5.41) is 7.51. The maximum atomic E-state index is 13.3. The van der Waals surface area contributed by atoms with Crippen molar-refractivity contribution < 1.29 is 28.4 Å². The number of anilines is 1. The normalized spacial score (nSPS) is 14.7. The second kappa shape index (κ2) is 8.76. The number of nitrogens with zero attached hydrogens (tertiary/aromatic N) is 1. The van der Waals surface area contributed by atoms with E-state index < -0.39 is 23.8 Å². The Balaban J connectivity index is 1.75. The van der Waals surface area contributed by atoms with E-state index >= 15 is 0 Å². The van der Waals surface area contributed by atoms with Gasteiger partial charge in [0.2, 0.25) is 0 Å². The van der Waals surface area contributed by atoms with Gasteiger partial charge in [-0.05, 0) is 31.4 Å². The standard InChI is InChI=1S/C22H19ClN2O6S/c1-10-15(18(25-31-10)11-6-4-5-7-13(11)23)19(26)24-20-17(22(28)30-3)16-12(21(27)29-2)8-9-14(16)32-20/h4-7,12H,8-9H2,1-3H3,(H,24,26)/t12-/m0/s1. The number of methoxy groups -OCH3 is 2. The van der Waals surface area contributed by atoms with Crippen molar-refractivity contribution >= 4 is 45.8 Å². The number of esters is 2. The number of rotatable bonds is 5. The zero-order chi connectivity index (χ0) is 23.0. The molecule has 1 amide bonds. The molecule has 0 radical (unpaired) electrons. The number of nitrogens with one attached hydrogen (secondary N) is 1. The van der Waals surface area contributed by atoms with E-state index in [4.69, 9.17) is 25.6 Å². The number of hydrogen-bond acceptors (Lipinski definition) is 8. The summed E-state index contributed by atoms with van der Waals surface area (Å²) in [4.78, 5) is 39.0. The van der Waals surface area contributed by atoms with E-state index in [9.17, 15) is 14.4 Å². The van der Waals surface area contributed by atoms with Crippen LogP contribution in [0.15, 0.2) is 28.8 Å². The molecular weight excluding hydrogens is 456 g/mol. The third-order valence-electron chi connectivity index (χ3n) is 5.35. The molecule has 0 bridgehead atoms. The number of aryl methyl sites for hydroxylation is 2. The van der Waals surface area contributed by atoms with Crippen LogP contribution in [-0.4, -0.2) is 37.2 Å². The van der Waals surface area contributed by atoms with Gasteiger partial charge in [0, 0.05) is 10.4 Å². The summed E-state index contributed by atoms with van der Waals surface area (Å²) < 4.78 is 15.1. The molecule has 1 aliphatic rings. The van der Waals surface area contributed by atoms with Gasteiger partial charge in [-0.2, -0.15) is 0 Å². The molecular formula is C22H19ClN2O6S. The molecule has 2 heterocycles. The van der Waals surface area contributed by atoms with Crippen molar-refractivity contribution in [1.82, 2.24) is 5.16 Å². The molecule has 10 heteroatoms. The summed E-state index contributed by atoms with van der Waals surface area (Å²) in [6, 6.07) is 6.97. The lowest BCUT2D eigenvalue weighted by Gasteiger charge is -2.12. The van der Waals surface area contributed by atoms with E-state index in [1.54, 1.807) is 31.2 Å². The van der Waals surface area contributed by atoms with Crippen molar-refractivity contribution in [3.05, 3.63) is 56.6 Å². The van der Waals surface area contributed by atoms with Crippen LogP contribution in [0.5, 0.6) is 0 Å². The van der Waals surface area contributed by atoms with Crippen LogP contribution in [0.4, 0.5) is 5.00 Å². The van der Waals surface area contributed by atoms with Crippen molar-refractivity contribution in [2.75, 3.05) is 19.5 Å². The summed E-state index contributed by atoms with van der Waals surface area (Å²) in [6.45, 7) is 1.62. The first kappa shape index (κ1) is 22.0. The van der Waals surface area contributed by atoms with Gasteiger partial charge in [-0.25, -0.2) is 4.79 Å². The van der Waals surface area contributed by atoms with Gasteiger partial charge in [-0.15, -0.1) is 11.3 Å². The summed E-state index contributed by atoms with van der Waals surface area (Å²) in [6.07, 6.45) is 1.13. The lowest BCUT2D eigenvalue weighted by atomic mass is 9.99. The fraction of sp³-hybridized carbons (Fsp3) is 0.273. The van der Waals surface area contributed by atoms with Crippen LogP contribution in [-0.2, 0) is 20.7 Å². The number of carbonyl (C=O) groups excluding carboxylic acids is 3. The summed E-state index contributed by atoms with van der Waals surface area (Å²) in [5.74, 6) is -1.86. The van der Waals surface area contributed by atoms with Crippen LogP contribution in [0.3, 0.4) is 0 Å². The number of amides is 1. The highest BCUT2D eigenvalue weighted by atomic mass is 35.5. The Morgan fingerprint density at radius 2 is 1.94 bits per heavy atom. The van der Waals surface area contributed by atoms with Crippen LogP contribution in [0.1, 0.15) is 49.3 Å². The van der Waals surface area contributed by atoms with Gasteiger partial charge in [0.15, 0.2) is 0 Å². The molecule has 0 saturated carbocycles. The fourth-order valence-electron chi connectivity index (χ4n) is 3.88. The Kier molecular flexibility index (Phi) is 6.03. The average Bonchev–Trinajstić information content (AvgIpc) is 3.46. The first-order valence-electron chi connectivity index (χ1n) is 9.71. The molecule has 3 aromatic rings. The van der Waals surface area contributed by atoms with Gasteiger partial charge in [0.1, 0.15) is 22.0 Å². The molecule has 1 aromatic carbocycles. The van der Waals surface area contributed by atoms with Crippen molar-refractivity contribution in [3.8, 4) is 11.3 Å². The van der Waals surface area contributed by atoms with Gasteiger partial charge in [-0.3, -0.25) is 9.59 Å². The number of halogens is 1. The van der Waals surface area contributed by atoms with Crippen molar-refractivity contribution in [1.29, 1.82) is 0 Å². The van der Waals surface area contributed by atoms with Crippen LogP contribution in [0.2, 0.25) is 5.02 Å². The van der Waals surface area contributed by atoms with Crippen LogP contribution in [0.25, 0.3) is 11.3 Å². The molecule has 0 spiro atoms.